The van der Waals surface area contributed by atoms with Gasteiger partial charge in [-0.05, 0) is 66.2 Å². The minimum atomic E-state index is -1.67. The van der Waals surface area contributed by atoms with Gasteiger partial charge in [-0.15, -0.1) is 11.3 Å². The van der Waals surface area contributed by atoms with Crippen LogP contribution >= 0.6 is 11.3 Å². The van der Waals surface area contributed by atoms with E-state index in [2.05, 4.69) is 0 Å². The van der Waals surface area contributed by atoms with E-state index in [1.807, 2.05) is 53.9 Å². The quantitative estimate of drug-likeness (QED) is 0.320. The van der Waals surface area contributed by atoms with E-state index in [0.717, 1.165) is 10.4 Å². The van der Waals surface area contributed by atoms with Crippen LogP contribution in [0.2, 0.25) is 0 Å². The number of carbonyl (C=O) groups is 2. The number of anilines is 1. The van der Waals surface area contributed by atoms with E-state index in [-0.39, 0.29) is 6.42 Å². The maximum Gasteiger partial charge on any atom is 0.325 e. The average Bonchev–Trinajstić information content (AvgIpc) is 3.40. The average molecular weight is 512 g/mol. The number of hydrogen-bond donors (Lipinski definition) is 0. The Morgan fingerprint density at radius 1 is 0.889 bits per heavy atom. The van der Waals surface area contributed by atoms with Crippen LogP contribution in [0.3, 0.4) is 0 Å². The van der Waals surface area contributed by atoms with Crippen molar-refractivity contribution < 1.29 is 33.4 Å². The zero-order valence-corrected chi connectivity index (χ0v) is 21.4. The maximum atomic E-state index is 13.5. The van der Waals surface area contributed by atoms with Gasteiger partial charge in [0.05, 0.1) is 34.1 Å². The lowest BCUT2D eigenvalue weighted by molar-refractivity contribution is -0.172. The van der Waals surface area contributed by atoms with E-state index in [1.54, 1.807) is 31.4 Å². The van der Waals surface area contributed by atoms with Crippen molar-refractivity contribution in [3.63, 3.8) is 0 Å². The van der Waals surface area contributed by atoms with Crippen molar-refractivity contribution in [1.29, 1.82) is 0 Å². The van der Waals surface area contributed by atoms with E-state index in [4.69, 9.17) is 23.8 Å². The molecule has 8 nitrogen and oxygen atoms in total. The summed E-state index contributed by atoms with van der Waals surface area (Å²) in [6, 6.07) is 17.7. The lowest BCUT2D eigenvalue weighted by Crippen LogP contribution is -2.50. The number of thiophene rings is 1. The summed E-state index contributed by atoms with van der Waals surface area (Å²) >= 11 is 1.43. The molecule has 1 saturated heterocycles. The Bertz CT molecular complexity index is 1150. The highest BCUT2D eigenvalue weighted by atomic mass is 32.1. The van der Waals surface area contributed by atoms with Gasteiger partial charge in [0.1, 0.15) is 23.6 Å². The van der Waals surface area contributed by atoms with Crippen LogP contribution in [0.4, 0.5) is 5.69 Å². The molecule has 0 saturated carbocycles. The van der Waals surface area contributed by atoms with Crippen LogP contribution < -0.4 is 14.5 Å². The first-order valence-corrected chi connectivity index (χ1v) is 12.3. The molecule has 3 aromatic rings. The third kappa shape index (κ3) is 4.64. The zero-order chi connectivity index (χ0) is 25.7. The number of esters is 2. The van der Waals surface area contributed by atoms with Crippen molar-refractivity contribution in [2.45, 2.75) is 25.0 Å². The first-order chi connectivity index (χ1) is 17.5. The monoisotopic (exact) mass is 511 g/mol. The first kappa shape index (κ1) is 25.5. The first-order valence-electron chi connectivity index (χ1n) is 11.4. The Hall–Kier alpha value is -3.56. The molecule has 1 aromatic heterocycles. The predicted octanol–water partition coefficient (Wildman–Crippen LogP) is 5.11. The molecule has 0 unspecified atom stereocenters. The van der Waals surface area contributed by atoms with Crippen LogP contribution in [0.25, 0.3) is 0 Å². The Kier molecular flexibility index (Phi) is 7.81. The number of ether oxygens (including phenoxy) is 4. The molecule has 2 atom stereocenters. The van der Waals surface area contributed by atoms with Gasteiger partial charge in [-0.3, -0.25) is 14.4 Å². The van der Waals surface area contributed by atoms with Crippen LogP contribution in [-0.2, 0) is 23.9 Å². The van der Waals surface area contributed by atoms with Gasteiger partial charge in [-0.2, -0.15) is 0 Å². The molecule has 1 fully saturated rings. The van der Waals surface area contributed by atoms with Crippen LogP contribution in [0.1, 0.15) is 35.4 Å². The number of methoxy groups -OCH3 is 4. The fourth-order valence-corrected chi connectivity index (χ4v) is 5.51. The Balaban J connectivity index is 1.92. The standard InChI is InChI=1S/C27H29NO7S/c1-31-20-11-7-18(8-12-20)22-15-16-27(25(29)33-3,26(30)34-4)24(23-6-5-17-36-23)28(35-22)19-9-13-21(32-2)14-10-19/h5-14,17,22,24H,15-16H2,1-4H3/t22-,24-/m1/s1. The molecular formula is C27H29NO7S. The molecule has 2 heterocycles. The minimum absolute atomic E-state index is 0.151. The van der Waals surface area contributed by atoms with Gasteiger partial charge in [-0.1, -0.05) is 18.2 Å². The number of nitrogens with zero attached hydrogens (tertiary/aromatic N) is 1. The number of hydrogen-bond acceptors (Lipinski definition) is 9. The van der Waals surface area contributed by atoms with Crippen LogP contribution in [0, 0.1) is 5.41 Å². The third-order valence-corrected chi connectivity index (χ3v) is 7.39. The third-order valence-electron chi connectivity index (χ3n) is 6.47. The highest BCUT2D eigenvalue weighted by Crippen LogP contribution is 2.52. The molecule has 0 spiro atoms. The lowest BCUT2D eigenvalue weighted by Gasteiger charge is -2.40. The molecule has 4 rings (SSSR count). The van der Waals surface area contributed by atoms with Crippen molar-refractivity contribution in [2.24, 2.45) is 5.41 Å². The van der Waals surface area contributed by atoms with Crippen molar-refractivity contribution in [1.82, 2.24) is 0 Å². The maximum absolute atomic E-state index is 13.5. The minimum Gasteiger partial charge on any atom is -0.497 e. The van der Waals surface area contributed by atoms with E-state index in [0.29, 0.717) is 23.6 Å². The molecule has 9 heteroatoms. The summed E-state index contributed by atoms with van der Waals surface area (Å²) < 4.78 is 21.1. The zero-order valence-electron chi connectivity index (χ0n) is 20.6. The predicted molar refractivity (Wildman–Crippen MR) is 135 cm³/mol. The van der Waals surface area contributed by atoms with E-state index < -0.39 is 29.5 Å². The summed E-state index contributed by atoms with van der Waals surface area (Å²) in [5.41, 5.74) is -0.147. The number of benzene rings is 2. The Labute approximate surface area is 214 Å². The largest absolute Gasteiger partial charge is 0.497 e. The number of carbonyl (C=O) groups excluding carboxylic acids is 2. The highest BCUT2D eigenvalue weighted by molar-refractivity contribution is 7.10. The SMILES string of the molecule is COC(=O)C1(C(=O)OC)CC[C@H](c2ccc(OC)cc2)ON(c2ccc(OC)cc2)[C@@H]1c1cccs1. The molecule has 0 amide bonds. The second-order valence-electron chi connectivity index (χ2n) is 8.30. The molecule has 2 aromatic carbocycles. The van der Waals surface area contributed by atoms with Gasteiger partial charge in [-0.25, -0.2) is 5.06 Å². The van der Waals surface area contributed by atoms with Crippen molar-refractivity contribution in [3.05, 3.63) is 76.5 Å². The van der Waals surface area contributed by atoms with Gasteiger partial charge in [0.2, 0.25) is 0 Å². The van der Waals surface area contributed by atoms with Crippen LogP contribution in [0.5, 0.6) is 11.5 Å². The van der Waals surface area contributed by atoms with Crippen molar-refractivity contribution >= 4 is 29.0 Å². The van der Waals surface area contributed by atoms with Gasteiger partial charge in [0, 0.05) is 4.88 Å². The Morgan fingerprint density at radius 2 is 1.47 bits per heavy atom. The summed E-state index contributed by atoms with van der Waals surface area (Å²) in [4.78, 5) is 34.4. The van der Waals surface area contributed by atoms with E-state index >= 15 is 0 Å². The summed E-state index contributed by atoms with van der Waals surface area (Å²) in [5.74, 6) is 0.0324. The fraction of sp³-hybridized carbons (Fsp3) is 0.333. The van der Waals surface area contributed by atoms with Crippen molar-refractivity contribution in [2.75, 3.05) is 33.5 Å². The van der Waals surface area contributed by atoms with E-state index in [1.165, 1.54) is 25.6 Å². The van der Waals surface area contributed by atoms with Gasteiger partial charge < -0.3 is 18.9 Å². The summed E-state index contributed by atoms with van der Waals surface area (Å²) in [6.07, 6.45) is 0.0558. The highest BCUT2D eigenvalue weighted by Gasteiger charge is 2.60. The van der Waals surface area contributed by atoms with Crippen LogP contribution in [-0.4, -0.2) is 40.4 Å². The van der Waals surface area contributed by atoms with E-state index in [9.17, 15) is 9.59 Å². The van der Waals surface area contributed by atoms with Gasteiger partial charge in [0.25, 0.3) is 0 Å². The number of hydroxylamine groups is 1. The molecule has 36 heavy (non-hydrogen) atoms. The Morgan fingerprint density at radius 3 is 1.97 bits per heavy atom. The summed E-state index contributed by atoms with van der Waals surface area (Å²) in [7, 11) is 5.76. The van der Waals surface area contributed by atoms with Crippen molar-refractivity contribution in [3.8, 4) is 11.5 Å². The fourth-order valence-electron chi connectivity index (χ4n) is 4.61. The molecule has 1 aliphatic heterocycles. The molecule has 0 aliphatic carbocycles. The lowest BCUT2D eigenvalue weighted by atomic mass is 9.74. The van der Waals surface area contributed by atoms with Crippen LogP contribution in [0.15, 0.2) is 66.0 Å². The molecule has 1 aliphatic rings. The molecule has 190 valence electrons. The van der Waals surface area contributed by atoms with Gasteiger partial charge >= 0.3 is 11.9 Å². The second kappa shape index (κ2) is 11.0. The number of rotatable bonds is 7. The second-order valence-corrected chi connectivity index (χ2v) is 9.28. The van der Waals surface area contributed by atoms with Gasteiger partial charge in [0.15, 0.2) is 5.41 Å². The summed E-state index contributed by atoms with van der Waals surface area (Å²) in [5, 5.41) is 3.54. The molecule has 0 N–H and O–H groups in total. The molecule has 0 radical (unpaired) electrons. The normalized spacial score (nSPS) is 19.2. The topological polar surface area (TPSA) is 83.5 Å². The smallest absolute Gasteiger partial charge is 0.325 e. The molecular weight excluding hydrogens is 482 g/mol. The summed E-state index contributed by atoms with van der Waals surface area (Å²) in [6.45, 7) is 0. The molecule has 0 bridgehead atoms.